The first kappa shape index (κ1) is 16.6. The molecule has 2 fully saturated rings. The van der Waals surface area contributed by atoms with Crippen LogP contribution in [0.15, 0.2) is 24.3 Å². The number of piperidine rings is 1. The average molecular weight is 328 g/mol. The highest BCUT2D eigenvalue weighted by Gasteiger charge is 2.24. The molecule has 2 amide bonds. The minimum Gasteiger partial charge on any atom is -0.490 e. The summed E-state index contributed by atoms with van der Waals surface area (Å²) in [5, 5.41) is 15.2. The van der Waals surface area contributed by atoms with Crippen molar-refractivity contribution in [1.82, 2.24) is 15.5 Å². The number of nitriles is 1. The molecular formula is C18H24N4O2. The van der Waals surface area contributed by atoms with Gasteiger partial charge >= 0.3 is 6.03 Å². The second kappa shape index (κ2) is 8.02. The van der Waals surface area contributed by atoms with Gasteiger partial charge in [0.25, 0.3) is 0 Å². The number of carbonyl (C=O) groups excluding carboxylic acids is 1. The van der Waals surface area contributed by atoms with Crippen LogP contribution in [0.1, 0.15) is 24.8 Å². The molecule has 6 nitrogen and oxygen atoms in total. The summed E-state index contributed by atoms with van der Waals surface area (Å²) in [4.78, 5) is 14.1. The van der Waals surface area contributed by atoms with Crippen LogP contribution in [0.4, 0.5) is 4.79 Å². The molecule has 1 atom stereocenters. The number of benzene rings is 1. The molecule has 2 N–H and O–H groups in total. The van der Waals surface area contributed by atoms with Crippen LogP contribution in [-0.4, -0.2) is 49.8 Å². The Morgan fingerprint density at radius 2 is 2.04 bits per heavy atom. The van der Waals surface area contributed by atoms with Crippen molar-refractivity contribution >= 4 is 6.03 Å². The Morgan fingerprint density at radius 1 is 1.29 bits per heavy atom. The van der Waals surface area contributed by atoms with Gasteiger partial charge in [0.2, 0.25) is 0 Å². The predicted octanol–water partition coefficient (Wildman–Crippen LogP) is 1.72. The third-order valence-corrected chi connectivity index (χ3v) is 4.72. The number of urea groups is 1. The fourth-order valence-corrected chi connectivity index (χ4v) is 3.21. The number of carbonyl (C=O) groups is 1. The van der Waals surface area contributed by atoms with Crippen LogP contribution in [0.25, 0.3) is 0 Å². The van der Waals surface area contributed by atoms with Gasteiger partial charge in [0.05, 0.1) is 11.6 Å². The van der Waals surface area contributed by atoms with E-state index in [9.17, 15) is 4.79 Å². The van der Waals surface area contributed by atoms with Gasteiger partial charge < -0.3 is 20.3 Å². The first-order valence-corrected chi connectivity index (χ1v) is 8.65. The zero-order valence-corrected chi connectivity index (χ0v) is 13.8. The van der Waals surface area contributed by atoms with Crippen molar-refractivity contribution in [2.24, 2.45) is 5.92 Å². The standard InChI is InChI=1S/C18H24N4O2/c19-11-14-1-3-16(4-2-14)24-17-6-9-22(10-7-17)18(23)21-13-15-5-8-20-12-15/h1-4,15,17,20H,5-10,12-13H2,(H,21,23)/t15-/m0/s1. The molecule has 2 saturated heterocycles. The van der Waals surface area contributed by atoms with Crippen molar-refractivity contribution in [3.63, 3.8) is 0 Å². The smallest absolute Gasteiger partial charge is 0.317 e. The summed E-state index contributed by atoms with van der Waals surface area (Å²) >= 11 is 0. The molecule has 0 aromatic heterocycles. The van der Waals surface area contributed by atoms with Gasteiger partial charge in [0, 0.05) is 32.5 Å². The molecule has 6 heteroatoms. The van der Waals surface area contributed by atoms with Crippen molar-refractivity contribution in [2.45, 2.75) is 25.4 Å². The van der Waals surface area contributed by atoms with Crippen LogP contribution in [0.3, 0.4) is 0 Å². The highest BCUT2D eigenvalue weighted by atomic mass is 16.5. The molecule has 0 radical (unpaired) electrons. The molecule has 1 aromatic rings. The van der Waals surface area contributed by atoms with E-state index in [1.807, 2.05) is 17.0 Å². The van der Waals surface area contributed by atoms with Crippen LogP contribution < -0.4 is 15.4 Å². The molecule has 2 aliphatic heterocycles. The van der Waals surface area contributed by atoms with Crippen LogP contribution in [0.5, 0.6) is 5.75 Å². The molecule has 24 heavy (non-hydrogen) atoms. The summed E-state index contributed by atoms with van der Waals surface area (Å²) in [5.74, 6) is 1.34. The maximum atomic E-state index is 12.2. The van der Waals surface area contributed by atoms with Gasteiger partial charge in [-0.2, -0.15) is 5.26 Å². The summed E-state index contributed by atoms with van der Waals surface area (Å²) in [5.41, 5.74) is 0.631. The van der Waals surface area contributed by atoms with E-state index in [2.05, 4.69) is 16.7 Å². The maximum absolute atomic E-state index is 12.2. The van der Waals surface area contributed by atoms with Crippen LogP contribution in [0, 0.1) is 17.2 Å². The van der Waals surface area contributed by atoms with Crippen molar-refractivity contribution in [1.29, 1.82) is 5.26 Å². The van der Waals surface area contributed by atoms with Gasteiger partial charge in [-0.05, 0) is 49.7 Å². The molecule has 0 spiro atoms. The molecule has 0 aliphatic carbocycles. The van der Waals surface area contributed by atoms with Crippen LogP contribution in [-0.2, 0) is 0 Å². The highest BCUT2D eigenvalue weighted by molar-refractivity contribution is 5.74. The monoisotopic (exact) mass is 328 g/mol. The minimum atomic E-state index is 0.0405. The summed E-state index contributed by atoms with van der Waals surface area (Å²) in [6, 6.07) is 9.31. The van der Waals surface area contributed by atoms with E-state index in [-0.39, 0.29) is 12.1 Å². The summed E-state index contributed by atoms with van der Waals surface area (Å²) in [7, 11) is 0. The van der Waals surface area contributed by atoms with E-state index in [1.165, 1.54) is 0 Å². The molecule has 0 unspecified atom stereocenters. The molecule has 2 heterocycles. The molecule has 1 aromatic carbocycles. The molecule has 0 bridgehead atoms. The van der Waals surface area contributed by atoms with E-state index in [4.69, 9.17) is 10.00 Å². The first-order chi connectivity index (χ1) is 11.7. The lowest BCUT2D eigenvalue weighted by molar-refractivity contribution is 0.110. The molecular weight excluding hydrogens is 304 g/mol. The van der Waals surface area contributed by atoms with Gasteiger partial charge in [0.15, 0.2) is 0 Å². The Bertz CT molecular complexity index is 582. The summed E-state index contributed by atoms with van der Waals surface area (Å²) in [6.07, 6.45) is 2.93. The van der Waals surface area contributed by atoms with Crippen molar-refractivity contribution in [3.8, 4) is 11.8 Å². The fourth-order valence-electron chi connectivity index (χ4n) is 3.21. The van der Waals surface area contributed by atoms with E-state index in [0.29, 0.717) is 11.5 Å². The third-order valence-electron chi connectivity index (χ3n) is 4.72. The zero-order valence-electron chi connectivity index (χ0n) is 13.8. The first-order valence-electron chi connectivity index (χ1n) is 8.65. The lowest BCUT2D eigenvalue weighted by Crippen LogP contribution is -2.47. The van der Waals surface area contributed by atoms with Gasteiger partial charge in [-0.1, -0.05) is 0 Å². The van der Waals surface area contributed by atoms with Gasteiger partial charge in [-0.3, -0.25) is 0 Å². The summed E-state index contributed by atoms with van der Waals surface area (Å²) < 4.78 is 5.95. The average Bonchev–Trinajstić information content (AvgIpc) is 3.14. The molecule has 2 aliphatic rings. The van der Waals surface area contributed by atoms with E-state index in [0.717, 1.165) is 57.7 Å². The van der Waals surface area contributed by atoms with E-state index in [1.54, 1.807) is 12.1 Å². The number of hydrogen-bond donors (Lipinski definition) is 2. The van der Waals surface area contributed by atoms with Crippen molar-refractivity contribution in [3.05, 3.63) is 29.8 Å². The second-order valence-electron chi connectivity index (χ2n) is 6.49. The topological polar surface area (TPSA) is 77.4 Å². The van der Waals surface area contributed by atoms with Crippen molar-refractivity contribution in [2.75, 3.05) is 32.7 Å². The van der Waals surface area contributed by atoms with Crippen LogP contribution in [0.2, 0.25) is 0 Å². The number of ether oxygens (including phenoxy) is 1. The summed E-state index contributed by atoms with van der Waals surface area (Å²) in [6.45, 7) is 4.25. The molecule has 3 rings (SSSR count). The van der Waals surface area contributed by atoms with Gasteiger partial charge in [0.1, 0.15) is 11.9 Å². The van der Waals surface area contributed by atoms with Crippen molar-refractivity contribution < 1.29 is 9.53 Å². The molecule has 0 saturated carbocycles. The number of nitrogens with zero attached hydrogens (tertiary/aromatic N) is 2. The van der Waals surface area contributed by atoms with E-state index < -0.39 is 0 Å². The Morgan fingerprint density at radius 3 is 2.67 bits per heavy atom. The van der Waals surface area contributed by atoms with Crippen LogP contribution >= 0.6 is 0 Å². The second-order valence-corrected chi connectivity index (χ2v) is 6.49. The van der Waals surface area contributed by atoms with Gasteiger partial charge in [-0.25, -0.2) is 4.79 Å². The zero-order chi connectivity index (χ0) is 16.8. The third kappa shape index (κ3) is 4.39. The Hall–Kier alpha value is -2.26. The maximum Gasteiger partial charge on any atom is 0.317 e. The highest BCUT2D eigenvalue weighted by Crippen LogP contribution is 2.19. The number of likely N-dealkylation sites (tertiary alicyclic amines) is 1. The lowest BCUT2D eigenvalue weighted by Gasteiger charge is -2.32. The largest absolute Gasteiger partial charge is 0.490 e. The Kier molecular flexibility index (Phi) is 5.55. The SMILES string of the molecule is N#Cc1ccc(OC2CCN(C(=O)NC[C@H]3CCNC3)CC2)cc1. The number of rotatable bonds is 4. The quantitative estimate of drug-likeness (QED) is 0.882. The Balaban J connectivity index is 1.39. The number of nitrogens with one attached hydrogen (secondary N) is 2. The number of hydrogen-bond acceptors (Lipinski definition) is 4. The van der Waals surface area contributed by atoms with E-state index >= 15 is 0 Å². The fraction of sp³-hybridized carbons (Fsp3) is 0.556. The molecule has 128 valence electrons. The lowest BCUT2D eigenvalue weighted by atomic mass is 10.1. The minimum absolute atomic E-state index is 0.0405. The normalized spacial score (nSPS) is 21.3. The predicted molar refractivity (Wildman–Crippen MR) is 90.8 cm³/mol. The Labute approximate surface area is 142 Å². The number of amides is 2. The van der Waals surface area contributed by atoms with Gasteiger partial charge in [-0.15, -0.1) is 0 Å².